The predicted octanol–water partition coefficient (Wildman–Crippen LogP) is 6.23. The molecule has 1 N–H and O–H groups in total. The number of amides is 2. The molecule has 4 aromatic carbocycles. The van der Waals surface area contributed by atoms with Gasteiger partial charge < -0.3 is 10.2 Å². The van der Waals surface area contributed by atoms with Crippen molar-refractivity contribution < 1.29 is 18.0 Å². The predicted molar refractivity (Wildman–Crippen MR) is 180 cm³/mol. The van der Waals surface area contributed by atoms with E-state index in [1.54, 1.807) is 41.3 Å². The van der Waals surface area contributed by atoms with Crippen LogP contribution in [-0.2, 0) is 39.0 Å². The highest BCUT2D eigenvalue weighted by atomic mass is 32.2. The fraction of sp³-hybridized carbons (Fsp3) is 0.297. The molecular formula is C37H43N3O4S. The topological polar surface area (TPSA) is 86.8 Å². The molecule has 0 spiro atoms. The maximum Gasteiger partial charge on any atom is 0.264 e. The Balaban J connectivity index is 1.84. The molecule has 0 bridgehead atoms. The summed E-state index contributed by atoms with van der Waals surface area (Å²) in [5, 5.41) is 3.00. The highest BCUT2D eigenvalue weighted by molar-refractivity contribution is 7.92. The summed E-state index contributed by atoms with van der Waals surface area (Å²) in [6.45, 7) is 9.23. The van der Waals surface area contributed by atoms with Gasteiger partial charge >= 0.3 is 0 Å². The summed E-state index contributed by atoms with van der Waals surface area (Å²) in [6.07, 6.45) is 0.845. The van der Waals surface area contributed by atoms with Gasteiger partial charge in [0.05, 0.1) is 10.6 Å². The van der Waals surface area contributed by atoms with Gasteiger partial charge in [0.1, 0.15) is 12.6 Å². The van der Waals surface area contributed by atoms with E-state index in [1.165, 1.54) is 4.31 Å². The van der Waals surface area contributed by atoms with Gasteiger partial charge in [-0.2, -0.15) is 0 Å². The van der Waals surface area contributed by atoms with Crippen molar-refractivity contribution >= 4 is 27.5 Å². The molecule has 0 heterocycles. The quantitative estimate of drug-likeness (QED) is 0.191. The minimum Gasteiger partial charge on any atom is -0.352 e. The van der Waals surface area contributed by atoms with E-state index in [0.29, 0.717) is 12.1 Å². The van der Waals surface area contributed by atoms with Crippen LogP contribution in [0.5, 0.6) is 0 Å². The first-order valence-electron chi connectivity index (χ1n) is 15.4. The number of para-hydroxylation sites is 1. The van der Waals surface area contributed by atoms with Gasteiger partial charge in [-0.1, -0.05) is 97.4 Å². The number of rotatable bonds is 13. The van der Waals surface area contributed by atoms with Gasteiger partial charge in [0.25, 0.3) is 10.0 Å². The molecule has 0 radical (unpaired) electrons. The molecule has 7 nitrogen and oxygen atoms in total. The van der Waals surface area contributed by atoms with Gasteiger partial charge in [0.15, 0.2) is 0 Å². The van der Waals surface area contributed by atoms with Crippen LogP contribution in [0, 0.1) is 13.8 Å². The van der Waals surface area contributed by atoms with E-state index in [0.717, 1.165) is 27.8 Å². The Kier molecular flexibility index (Phi) is 11.2. The van der Waals surface area contributed by atoms with Gasteiger partial charge in [-0.15, -0.1) is 0 Å². The maximum absolute atomic E-state index is 14.6. The number of sulfonamides is 1. The molecule has 4 rings (SSSR count). The standard InChI is InChI=1S/C37H43N3O4S/c1-6-31-17-12-13-19-34(31)40(45(43,44)33-22-20-28(4)21-23-33)26-36(41)39(25-32-18-11-10-14-29(32)5)35(37(42)38-27(2)3)24-30-15-8-7-9-16-30/h7-23,27,35H,6,24-26H2,1-5H3,(H,38,42)/t35-/m0/s1. The van der Waals surface area contributed by atoms with Crippen molar-refractivity contribution in [3.63, 3.8) is 0 Å². The average molecular weight is 626 g/mol. The summed E-state index contributed by atoms with van der Waals surface area (Å²) in [6, 6.07) is 30.1. The lowest BCUT2D eigenvalue weighted by atomic mass is 10.0. The van der Waals surface area contributed by atoms with Gasteiger partial charge in [-0.25, -0.2) is 8.42 Å². The third-order valence-electron chi connectivity index (χ3n) is 7.83. The smallest absolute Gasteiger partial charge is 0.264 e. The number of nitrogens with one attached hydrogen (secondary N) is 1. The molecular weight excluding hydrogens is 582 g/mol. The van der Waals surface area contributed by atoms with Crippen LogP contribution < -0.4 is 9.62 Å². The summed E-state index contributed by atoms with van der Waals surface area (Å²) >= 11 is 0. The van der Waals surface area contributed by atoms with Crippen molar-refractivity contribution in [1.82, 2.24) is 10.2 Å². The van der Waals surface area contributed by atoms with Crippen LogP contribution in [0.2, 0.25) is 0 Å². The minimum absolute atomic E-state index is 0.0932. The van der Waals surface area contributed by atoms with E-state index < -0.39 is 28.5 Å². The van der Waals surface area contributed by atoms with Crippen LogP contribution in [0.25, 0.3) is 0 Å². The number of aryl methyl sites for hydroxylation is 3. The first-order valence-corrected chi connectivity index (χ1v) is 16.8. The lowest BCUT2D eigenvalue weighted by Crippen LogP contribution is -2.54. The monoisotopic (exact) mass is 625 g/mol. The van der Waals surface area contributed by atoms with Crippen molar-refractivity contribution in [2.45, 2.75) is 71.0 Å². The molecule has 8 heteroatoms. The van der Waals surface area contributed by atoms with E-state index in [2.05, 4.69) is 5.32 Å². The number of anilines is 1. The number of nitrogens with zero attached hydrogens (tertiary/aromatic N) is 2. The van der Waals surface area contributed by atoms with E-state index in [9.17, 15) is 18.0 Å². The van der Waals surface area contributed by atoms with E-state index in [4.69, 9.17) is 0 Å². The van der Waals surface area contributed by atoms with Crippen LogP contribution in [-0.4, -0.2) is 43.8 Å². The summed E-state index contributed by atoms with van der Waals surface area (Å²) in [4.78, 5) is 30.1. The van der Waals surface area contributed by atoms with E-state index in [1.807, 2.05) is 101 Å². The second-order valence-electron chi connectivity index (χ2n) is 11.6. The maximum atomic E-state index is 14.6. The molecule has 0 saturated carbocycles. The van der Waals surface area contributed by atoms with Crippen molar-refractivity contribution in [2.75, 3.05) is 10.8 Å². The molecule has 0 aliphatic heterocycles. The summed E-state index contributed by atoms with van der Waals surface area (Å²) in [7, 11) is -4.15. The highest BCUT2D eigenvalue weighted by Gasteiger charge is 2.35. The number of benzene rings is 4. The second kappa shape index (κ2) is 15.0. The van der Waals surface area contributed by atoms with Crippen molar-refractivity contribution in [2.24, 2.45) is 0 Å². The van der Waals surface area contributed by atoms with Gasteiger partial charge in [0.2, 0.25) is 11.8 Å². The lowest BCUT2D eigenvalue weighted by molar-refractivity contribution is -0.140. The molecule has 0 aliphatic rings. The first-order chi connectivity index (χ1) is 21.5. The third-order valence-corrected chi connectivity index (χ3v) is 9.61. The Morgan fingerprint density at radius 1 is 0.778 bits per heavy atom. The number of hydrogen-bond acceptors (Lipinski definition) is 4. The van der Waals surface area contributed by atoms with Crippen molar-refractivity contribution in [1.29, 1.82) is 0 Å². The first kappa shape index (κ1) is 33.5. The Morgan fingerprint density at radius 2 is 1.38 bits per heavy atom. The molecule has 0 aromatic heterocycles. The van der Waals surface area contributed by atoms with E-state index >= 15 is 0 Å². The minimum atomic E-state index is -4.15. The zero-order valence-electron chi connectivity index (χ0n) is 26.7. The number of carbonyl (C=O) groups is 2. The molecule has 2 amide bonds. The number of carbonyl (C=O) groups excluding carboxylic acids is 2. The molecule has 45 heavy (non-hydrogen) atoms. The summed E-state index contributed by atoms with van der Waals surface area (Å²) in [5.41, 5.74) is 4.90. The zero-order chi connectivity index (χ0) is 32.6. The Morgan fingerprint density at radius 3 is 2.00 bits per heavy atom. The largest absolute Gasteiger partial charge is 0.352 e. The number of hydrogen-bond donors (Lipinski definition) is 1. The lowest BCUT2D eigenvalue weighted by Gasteiger charge is -2.35. The van der Waals surface area contributed by atoms with Crippen LogP contribution >= 0.6 is 0 Å². The summed E-state index contributed by atoms with van der Waals surface area (Å²) < 4.78 is 29.8. The normalized spacial score (nSPS) is 12.0. The highest BCUT2D eigenvalue weighted by Crippen LogP contribution is 2.29. The molecule has 0 aliphatic carbocycles. The average Bonchev–Trinajstić information content (AvgIpc) is 3.02. The molecule has 0 saturated heterocycles. The molecule has 0 unspecified atom stereocenters. The fourth-order valence-electron chi connectivity index (χ4n) is 5.31. The zero-order valence-corrected chi connectivity index (χ0v) is 27.6. The molecule has 4 aromatic rings. The van der Waals surface area contributed by atoms with Gasteiger partial charge in [-0.3, -0.25) is 13.9 Å². The third kappa shape index (κ3) is 8.39. The van der Waals surface area contributed by atoms with Crippen molar-refractivity contribution in [3.05, 3.63) is 131 Å². The SMILES string of the molecule is CCc1ccccc1N(CC(=O)N(Cc1ccccc1C)[C@@H](Cc1ccccc1)C(=O)NC(C)C)S(=O)(=O)c1ccc(C)cc1. The summed E-state index contributed by atoms with van der Waals surface area (Å²) in [5.74, 6) is -0.766. The van der Waals surface area contributed by atoms with Crippen LogP contribution in [0.4, 0.5) is 5.69 Å². The van der Waals surface area contributed by atoms with Crippen molar-refractivity contribution in [3.8, 4) is 0 Å². The van der Waals surface area contributed by atoms with Gasteiger partial charge in [0, 0.05) is 19.0 Å². The Bertz CT molecular complexity index is 1700. The fourth-order valence-corrected chi connectivity index (χ4v) is 6.76. The van der Waals surface area contributed by atoms with Gasteiger partial charge in [-0.05, 0) is 74.6 Å². The Hall–Kier alpha value is -4.43. The Labute approximate surface area is 268 Å². The molecule has 236 valence electrons. The van der Waals surface area contributed by atoms with Crippen LogP contribution in [0.3, 0.4) is 0 Å². The van der Waals surface area contributed by atoms with Crippen LogP contribution in [0.15, 0.2) is 108 Å². The second-order valence-corrected chi connectivity index (χ2v) is 13.5. The van der Waals surface area contributed by atoms with E-state index in [-0.39, 0.29) is 29.8 Å². The molecule has 0 fully saturated rings. The molecule has 1 atom stereocenters. The van der Waals surface area contributed by atoms with Crippen LogP contribution in [0.1, 0.15) is 48.6 Å².